The van der Waals surface area contributed by atoms with Crippen LogP contribution in [0.1, 0.15) is 12.5 Å². The Labute approximate surface area is 101 Å². The molecule has 0 heterocycles. The van der Waals surface area contributed by atoms with Crippen LogP contribution in [-0.4, -0.2) is 27.2 Å². The molecule has 1 amide bonds. The summed E-state index contributed by atoms with van der Waals surface area (Å²) in [5.41, 5.74) is 5.20. The zero-order valence-corrected chi connectivity index (χ0v) is 10.5. The number of carbonyl (C=O) groups excluding carboxylic acids is 1. The molecular formula is C12H18N2O3. The van der Waals surface area contributed by atoms with Gasteiger partial charge in [0.05, 0.1) is 14.2 Å². The highest BCUT2D eigenvalue weighted by atomic mass is 16.5. The quantitative estimate of drug-likeness (QED) is 0.789. The molecule has 0 spiro atoms. The first-order valence-electron chi connectivity index (χ1n) is 5.21. The first kappa shape index (κ1) is 13.3. The Morgan fingerprint density at radius 3 is 2.29 bits per heavy atom. The third-order valence-corrected chi connectivity index (χ3v) is 2.95. The number of ether oxygens (including phenoxy) is 2. The monoisotopic (exact) mass is 238 g/mol. The maximum absolute atomic E-state index is 11.5. The summed E-state index contributed by atoms with van der Waals surface area (Å²) in [6.07, 6.45) is 0. The summed E-state index contributed by atoms with van der Waals surface area (Å²) in [6, 6.07) is 5.26. The second kappa shape index (κ2) is 5.05. The van der Waals surface area contributed by atoms with E-state index < -0.39 is 11.4 Å². The molecule has 94 valence electrons. The van der Waals surface area contributed by atoms with E-state index in [0.29, 0.717) is 11.5 Å². The van der Waals surface area contributed by atoms with E-state index in [1.54, 1.807) is 46.4 Å². The maximum Gasteiger partial charge on any atom is 0.242 e. The van der Waals surface area contributed by atoms with E-state index in [4.69, 9.17) is 15.2 Å². The van der Waals surface area contributed by atoms with Crippen LogP contribution in [0.3, 0.4) is 0 Å². The van der Waals surface area contributed by atoms with E-state index in [1.807, 2.05) is 0 Å². The molecule has 0 aromatic heterocycles. The summed E-state index contributed by atoms with van der Waals surface area (Å²) >= 11 is 0. The minimum atomic E-state index is -0.931. The summed E-state index contributed by atoms with van der Waals surface area (Å²) in [5.74, 6) is 0.721. The van der Waals surface area contributed by atoms with Crippen LogP contribution in [0.5, 0.6) is 11.5 Å². The fraction of sp³-hybridized carbons (Fsp3) is 0.417. The molecule has 5 nitrogen and oxygen atoms in total. The molecule has 0 fully saturated rings. The van der Waals surface area contributed by atoms with Crippen molar-refractivity contribution in [3.63, 3.8) is 0 Å². The minimum Gasteiger partial charge on any atom is -0.493 e. The van der Waals surface area contributed by atoms with Gasteiger partial charge in [-0.05, 0) is 31.7 Å². The van der Waals surface area contributed by atoms with Gasteiger partial charge in [-0.15, -0.1) is 0 Å². The van der Waals surface area contributed by atoms with Gasteiger partial charge in [0.2, 0.25) is 5.91 Å². The van der Waals surface area contributed by atoms with Crippen LogP contribution in [0.4, 0.5) is 0 Å². The average molecular weight is 238 g/mol. The Hall–Kier alpha value is -1.75. The number of carbonyl (C=O) groups is 1. The first-order valence-corrected chi connectivity index (χ1v) is 5.21. The van der Waals surface area contributed by atoms with E-state index in [2.05, 4.69) is 5.32 Å². The summed E-state index contributed by atoms with van der Waals surface area (Å²) in [7, 11) is 4.78. The number of hydrogen-bond donors (Lipinski definition) is 2. The number of nitrogens with two attached hydrogens (primary N) is 1. The predicted molar refractivity (Wildman–Crippen MR) is 65.2 cm³/mol. The molecule has 1 aromatic rings. The van der Waals surface area contributed by atoms with Crippen LogP contribution >= 0.6 is 0 Å². The van der Waals surface area contributed by atoms with Gasteiger partial charge in [-0.2, -0.15) is 0 Å². The van der Waals surface area contributed by atoms with Crippen molar-refractivity contribution in [1.29, 1.82) is 0 Å². The largest absolute Gasteiger partial charge is 0.493 e. The highest BCUT2D eigenvalue weighted by molar-refractivity contribution is 5.85. The Kier molecular flexibility index (Phi) is 3.96. The molecule has 0 saturated carbocycles. The molecule has 0 radical (unpaired) electrons. The molecule has 1 unspecified atom stereocenters. The third kappa shape index (κ3) is 2.34. The van der Waals surface area contributed by atoms with E-state index in [9.17, 15) is 4.79 Å². The van der Waals surface area contributed by atoms with Crippen LogP contribution < -0.4 is 20.5 Å². The molecule has 0 aliphatic carbocycles. The van der Waals surface area contributed by atoms with Crippen molar-refractivity contribution in [2.45, 2.75) is 12.5 Å². The number of nitrogens with one attached hydrogen (secondary N) is 1. The summed E-state index contributed by atoms with van der Waals surface area (Å²) in [6.45, 7) is 1.72. The molecule has 5 heteroatoms. The van der Waals surface area contributed by atoms with Crippen molar-refractivity contribution in [2.75, 3.05) is 21.3 Å². The van der Waals surface area contributed by atoms with E-state index in [0.717, 1.165) is 5.56 Å². The first-order chi connectivity index (χ1) is 7.99. The van der Waals surface area contributed by atoms with Gasteiger partial charge in [0.25, 0.3) is 0 Å². The van der Waals surface area contributed by atoms with Crippen molar-refractivity contribution < 1.29 is 14.3 Å². The van der Waals surface area contributed by atoms with Gasteiger partial charge in [0.1, 0.15) is 5.54 Å². The number of primary amides is 1. The topological polar surface area (TPSA) is 73.6 Å². The van der Waals surface area contributed by atoms with Gasteiger partial charge in [-0.3, -0.25) is 4.79 Å². The normalized spacial score (nSPS) is 13.9. The molecule has 0 aliphatic heterocycles. The van der Waals surface area contributed by atoms with E-state index in [-0.39, 0.29) is 0 Å². The molecule has 1 aromatic carbocycles. The number of benzene rings is 1. The van der Waals surface area contributed by atoms with Gasteiger partial charge in [-0.1, -0.05) is 6.07 Å². The Morgan fingerprint density at radius 1 is 1.29 bits per heavy atom. The Bertz CT molecular complexity index is 420. The molecule has 0 saturated heterocycles. The smallest absolute Gasteiger partial charge is 0.242 e. The molecule has 3 N–H and O–H groups in total. The lowest BCUT2D eigenvalue weighted by Gasteiger charge is -2.26. The third-order valence-electron chi connectivity index (χ3n) is 2.95. The van der Waals surface area contributed by atoms with Gasteiger partial charge < -0.3 is 20.5 Å². The number of likely N-dealkylation sites (N-methyl/N-ethyl adjacent to an activating group) is 1. The average Bonchev–Trinajstić information content (AvgIpc) is 2.36. The van der Waals surface area contributed by atoms with Gasteiger partial charge in [0, 0.05) is 0 Å². The van der Waals surface area contributed by atoms with Crippen molar-refractivity contribution in [3.8, 4) is 11.5 Å². The summed E-state index contributed by atoms with van der Waals surface area (Å²) in [5, 5.41) is 2.91. The van der Waals surface area contributed by atoms with Crippen molar-refractivity contribution >= 4 is 5.91 Å². The molecule has 0 bridgehead atoms. The van der Waals surface area contributed by atoms with Crippen LogP contribution in [0.15, 0.2) is 18.2 Å². The molecule has 1 atom stereocenters. The molecule has 1 rings (SSSR count). The second-order valence-electron chi connectivity index (χ2n) is 3.81. The van der Waals surface area contributed by atoms with Crippen molar-refractivity contribution in [2.24, 2.45) is 5.73 Å². The molecule has 0 aliphatic rings. The number of hydrogen-bond acceptors (Lipinski definition) is 4. The minimum absolute atomic E-state index is 0.452. The van der Waals surface area contributed by atoms with Crippen molar-refractivity contribution in [3.05, 3.63) is 23.8 Å². The zero-order valence-electron chi connectivity index (χ0n) is 10.5. The number of methoxy groups -OCH3 is 2. The van der Waals surface area contributed by atoms with Gasteiger partial charge in [-0.25, -0.2) is 0 Å². The number of rotatable bonds is 5. The predicted octanol–water partition coefficient (Wildman–Crippen LogP) is 0.624. The zero-order chi connectivity index (χ0) is 13.1. The molecular weight excluding hydrogens is 220 g/mol. The maximum atomic E-state index is 11.5. The lowest BCUT2D eigenvalue weighted by molar-refractivity contribution is -0.123. The van der Waals surface area contributed by atoms with Gasteiger partial charge in [0.15, 0.2) is 11.5 Å². The number of amides is 1. The second-order valence-corrected chi connectivity index (χ2v) is 3.81. The molecule has 17 heavy (non-hydrogen) atoms. The van der Waals surface area contributed by atoms with E-state index in [1.165, 1.54) is 0 Å². The summed E-state index contributed by atoms with van der Waals surface area (Å²) < 4.78 is 10.3. The highest BCUT2D eigenvalue weighted by Gasteiger charge is 2.32. The van der Waals surface area contributed by atoms with Gasteiger partial charge >= 0.3 is 0 Å². The van der Waals surface area contributed by atoms with Crippen molar-refractivity contribution in [1.82, 2.24) is 5.32 Å². The Morgan fingerprint density at radius 2 is 1.88 bits per heavy atom. The highest BCUT2D eigenvalue weighted by Crippen LogP contribution is 2.31. The summed E-state index contributed by atoms with van der Waals surface area (Å²) in [4.78, 5) is 11.5. The fourth-order valence-electron chi connectivity index (χ4n) is 1.56. The van der Waals surface area contributed by atoms with Crippen LogP contribution in [-0.2, 0) is 10.3 Å². The van der Waals surface area contributed by atoms with Crippen LogP contribution in [0.25, 0.3) is 0 Å². The lowest BCUT2D eigenvalue weighted by Crippen LogP contribution is -2.48. The van der Waals surface area contributed by atoms with Crippen LogP contribution in [0, 0.1) is 0 Å². The fourth-order valence-corrected chi connectivity index (χ4v) is 1.56. The van der Waals surface area contributed by atoms with Crippen LogP contribution in [0.2, 0.25) is 0 Å². The lowest BCUT2D eigenvalue weighted by atomic mass is 9.91. The standard InChI is InChI=1S/C12H18N2O3/c1-12(14-2,11(13)15)8-5-6-9(16-3)10(7-8)17-4/h5-7,14H,1-4H3,(H2,13,15). The SMILES string of the molecule is CNC(C)(C(N)=O)c1ccc(OC)c(OC)c1. The Balaban J connectivity index is 3.27. The van der Waals surface area contributed by atoms with E-state index >= 15 is 0 Å².